The van der Waals surface area contributed by atoms with E-state index in [1.54, 1.807) is 30.3 Å². The average Bonchev–Trinajstić information content (AvgIpc) is 3.28. The van der Waals surface area contributed by atoms with Gasteiger partial charge in [-0.15, -0.1) is 0 Å². The van der Waals surface area contributed by atoms with E-state index in [1.807, 2.05) is 17.0 Å². The van der Waals surface area contributed by atoms with Crippen LogP contribution in [0.25, 0.3) is 0 Å². The van der Waals surface area contributed by atoms with Gasteiger partial charge in [-0.3, -0.25) is 24.5 Å². The van der Waals surface area contributed by atoms with Gasteiger partial charge in [0.25, 0.3) is 5.91 Å². The van der Waals surface area contributed by atoms with Crippen LogP contribution in [0.15, 0.2) is 42.5 Å². The van der Waals surface area contributed by atoms with Gasteiger partial charge in [-0.2, -0.15) is 5.26 Å². The number of imide groups is 1. The minimum Gasteiger partial charge on any atom is -0.493 e. The maximum Gasteiger partial charge on any atom is 0.255 e. The average molecular weight is 549 g/mol. The Bertz CT molecular complexity index is 1340. The van der Waals surface area contributed by atoms with Crippen molar-refractivity contribution in [1.82, 2.24) is 15.1 Å². The van der Waals surface area contributed by atoms with E-state index >= 15 is 0 Å². The van der Waals surface area contributed by atoms with Crippen LogP contribution in [0.2, 0.25) is 5.02 Å². The SMILES string of the molecule is N#CC1(c2ccc(Cl)cc2)CCN(C(=O)CCCOc2cccc3c2CN(C2CCC(=O)NC2=O)C3=O)CC1. The lowest BCUT2D eigenvalue weighted by Gasteiger charge is -2.37. The molecule has 3 aliphatic rings. The van der Waals surface area contributed by atoms with Crippen molar-refractivity contribution in [3.8, 4) is 11.8 Å². The Labute approximate surface area is 231 Å². The lowest BCUT2D eigenvalue weighted by molar-refractivity contribution is -0.137. The molecule has 3 heterocycles. The van der Waals surface area contributed by atoms with E-state index in [0.717, 1.165) is 5.56 Å². The van der Waals surface area contributed by atoms with Crippen molar-refractivity contribution in [2.75, 3.05) is 19.7 Å². The van der Waals surface area contributed by atoms with Gasteiger partial charge in [-0.1, -0.05) is 29.8 Å². The van der Waals surface area contributed by atoms with Gasteiger partial charge < -0.3 is 14.5 Å². The van der Waals surface area contributed by atoms with Crippen LogP contribution < -0.4 is 10.1 Å². The van der Waals surface area contributed by atoms with Crippen LogP contribution in [-0.2, 0) is 26.3 Å². The number of carbonyl (C=O) groups excluding carboxylic acids is 4. The third kappa shape index (κ3) is 5.34. The fourth-order valence-electron chi connectivity index (χ4n) is 5.63. The first-order chi connectivity index (χ1) is 18.8. The minimum absolute atomic E-state index is 0.0266. The van der Waals surface area contributed by atoms with E-state index in [4.69, 9.17) is 16.3 Å². The molecule has 2 aromatic carbocycles. The number of amides is 4. The molecule has 0 bridgehead atoms. The van der Waals surface area contributed by atoms with E-state index < -0.39 is 17.4 Å². The van der Waals surface area contributed by atoms with Crippen LogP contribution in [0.4, 0.5) is 0 Å². The maximum atomic E-state index is 13.0. The summed E-state index contributed by atoms with van der Waals surface area (Å²) in [6, 6.07) is 14.4. The first-order valence-corrected chi connectivity index (χ1v) is 13.5. The van der Waals surface area contributed by atoms with Crippen molar-refractivity contribution in [3.63, 3.8) is 0 Å². The van der Waals surface area contributed by atoms with Gasteiger partial charge in [0.2, 0.25) is 17.7 Å². The van der Waals surface area contributed by atoms with Crippen LogP contribution in [0.3, 0.4) is 0 Å². The molecule has 10 heteroatoms. The normalized spacial score (nSPS) is 20.3. The summed E-state index contributed by atoms with van der Waals surface area (Å²) >= 11 is 6.00. The molecule has 2 saturated heterocycles. The zero-order valence-corrected chi connectivity index (χ0v) is 22.2. The Morgan fingerprint density at radius 1 is 1.13 bits per heavy atom. The summed E-state index contributed by atoms with van der Waals surface area (Å²) < 4.78 is 5.97. The van der Waals surface area contributed by atoms with Gasteiger partial charge in [0.15, 0.2) is 0 Å². The second kappa shape index (κ2) is 11.1. The highest BCUT2D eigenvalue weighted by Gasteiger charge is 2.40. The summed E-state index contributed by atoms with van der Waals surface area (Å²) in [5.74, 6) is -0.445. The number of benzene rings is 2. The molecule has 0 aromatic heterocycles. The molecule has 3 aliphatic heterocycles. The molecule has 5 rings (SSSR count). The third-order valence-corrected chi connectivity index (χ3v) is 8.16. The molecule has 202 valence electrons. The fourth-order valence-corrected chi connectivity index (χ4v) is 5.75. The predicted octanol–water partition coefficient (Wildman–Crippen LogP) is 3.34. The van der Waals surface area contributed by atoms with Gasteiger partial charge in [-0.25, -0.2) is 0 Å². The molecule has 4 amide bonds. The molecule has 1 N–H and O–H groups in total. The topological polar surface area (TPSA) is 120 Å². The van der Waals surface area contributed by atoms with Gasteiger partial charge >= 0.3 is 0 Å². The minimum atomic E-state index is -0.683. The van der Waals surface area contributed by atoms with Crippen molar-refractivity contribution in [2.45, 2.75) is 56.5 Å². The number of carbonyl (C=O) groups is 4. The van der Waals surface area contributed by atoms with Crippen molar-refractivity contribution >= 4 is 35.2 Å². The molecular formula is C29H29ClN4O5. The molecule has 39 heavy (non-hydrogen) atoms. The second-order valence-corrected chi connectivity index (χ2v) is 10.7. The number of nitriles is 1. The molecule has 1 atom stereocenters. The van der Waals surface area contributed by atoms with E-state index in [2.05, 4.69) is 11.4 Å². The number of ether oxygens (including phenoxy) is 1. The van der Waals surface area contributed by atoms with Crippen LogP contribution in [0, 0.1) is 11.3 Å². The molecular weight excluding hydrogens is 520 g/mol. The van der Waals surface area contributed by atoms with Crippen molar-refractivity contribution in [1.29, 1.82) is 5.26 Å². The molecule has 0 saturated carbocycles. The lowest BCUT2D eigenvalue weighted by atomic mass is 9.74. The van der Waals surface area contributed by atoms with Crippen LogP contribution >= 0.6 is 11.6 Å². The summed E-state index contributed by atoms with van der Waals surface area (Å²) in [5, 5.41) is 12.8. The number of likely N-dealkylation sites (tertiary alicyclic amines) is 1. The Morgan fingerprint density at radius 3 is 2.56 bits per heavy atom. The summed E-state index contributed by atoms with van der Waals surface area (Å²) in [7, 11) is 0. The second-order valence-electron chi connectivity index (χ2n) is 10.2. The zero-order chi connectivity index (χ0) is 27.6. The van der Waals surface area contributed by atoms with Gasteiger partial charge in [-0.05, 0) is 55.5 Å². The molecule has 0 radical (unpaired) electrons. The van der Waals surface area contributed by atoms with Crippen molar-refractivity contribution in [2.24, 2.45) is 0 Å². The first-order valence-electron chi connectivity index (χ1n) is 13.2. The largest absolute Gasteiger partial charge is 0.493 e. The van der Waals surface area contributed by atoms with Crippen LogP contribution in [0.5, 0.6) is 5.75 Å². The number of halogens is 1. The number of hydrogen-bond acceptors (Lipinski definition) is 6. The number of rotatable bonds is 7. The van der Waals surface area contributed by atoms with Crippen LogP contribution in [-0.4, -0.2) is 59.2 Å². The summed E-state index contributed by atoms with van der Waals surface area (Å²) in [4.78, 5) is 52.9. The zero-order valence-electron chi connectivity index (χ0n) is 21.5. The predicted molar refractivity (Wildman–Crippen MR) is 142 cm³/mol. The molecule has 0 spiro atoms. The fraction of sp³-hybridized carbons (Fsp3) is 0.414. The Kier molecular flexibility index (Phi) is 7.58. The lowest BCUT2D eigenvalue weighted by Crippen LogP contribution is -2.52. The van der Waals surface area contributed by atoms with Crippen molar-refractivity contribution in [3.05, 3.63) is 64.2 Å². The summed E-state index contributed by atoms with van der Waals surface area (Å²) in [5.41, 5.74) is 1.52. The van der Waals surface area contributed by atoms with E-state index in [-0.39, 0.29) is 30.7 Å². The number of nitrogens with zero attached hydrogens (tertiary/aromatic N) is 3. The number of piperidine rings is 2. The molecule has 2 aromatic rings. The summed E-state index contributed by atoms with van der Waals surface area (Å²) in [6.07, 6.45) is 2.46. The smallest absolute Gasteiger partial charge is 0.255 e. The first kappa shape index (κ1) is 26.7. The van der Waals surface area contributed by atoms with E-state index in [0.29, 0.717) is 73.7 Å². The Balaban J connectivity index is 1.12. The Morgan fingerprint density at radius 2 is 1.87 bits per heavy atom. The van der Waals surface area contributed by atoms with Gasteiger partial charge in [0.05, 0.1) is 24.6 Å². The number of nitrogens with one attached hydrogen (secondary N) is 1. The summed E-state index contributed by atoms with van der Waals surface area (Å²) in [6.45, 7) is 1.56. The van der Waals surface area contributed by atoms with Gasteiger partial charge in [0, 0.05) is 42.1 Å². The van der Waals surface area contributed by atoms with Gasteiger partial charge in [0.1, 0.15) is 11.8 Å². The highest BCUT2D eigenvalue weighted by atomic mass is 35.5. The van der Waals surface area contributed by atoms with E-state index in [1.165, 1.54) is 4.90 Å². The molecule has 1 unspecified atom stereocenters. The quantitative estimate of drug-likeness (QED) is 0.418. The maximum absolute atomic E-state index is 13.0. The number of fused-ring (bicyclic) bond motifs is 1. The molecule has 0 aliphatic carbocycles. The standard InChI is InChI=1S/C29H29ClN4O5/c30-20-8-6-19(7-9-20)29(18-31)12-14-33(15-13-29)26(36)5-2-16-39-24-4-1-3-21-22(24)17-34(28(21)38)23-10-11-25(35)32-27(23)37/h1,3-4,6-9,23H,2,5,10-17H2,(H,32,35,37). The van der Waals surface area contributed by atoms with Crippen LogP contribution in [0.1, 0.15) is 60.0 Å². The molecule has 9 nitrogen and oxygen atoms in total. The van der Waals surface area contributed by atoms with E-state index in [9.17, 15) is 24.4 Å². The highest BCUT2D eigenvalue weighted by molar-refractivity contribution is 6.30. The monoisotopic (exact) mass is 548 g/mol. The Hall–Kier alpha value is -3.90. The highest BCUT2D eigenvalue weighted by Crippen LogP contribution is 2.36. The van der Waals surface area contributed by atoms with Crippen molar-refractivity contribution < 1.29 is 23.9 Å². The molecule has 2 fully saturated rings. The number of hydrogen-bond donors (Lipinski definition) is 1. The third-order valence-electron chi connectivity index (χ3n) is 7.91.